The van der Waals surface area contributed by atoms with E-state index in [0.29, 0.717) is 33.4 Å². The van der Waals surface area contributed by atoms with Crippen LogP contribution in [0.3, 0.4) is 0 Å². The van der Waals surface area contributed by atoms with Crippen LogP contribution in [-0.4, -0.2) is 71.4 Å². The smallest absolute Gasteiger partial charge is 0.253 e. The third kappa shape index (κ3) is 17.3. The average molecular weight is 797 g/mol. The molecule has 0 radical (unpaired) electrons. The van der Waals surface area contributed by atoms with Crippen LogP contribution in [0.25, 0.3) is 0 Å². The number of hydrogen-bond acceptors (Lipinski definition) is 6. The second kappa shape index (κ2) is 26.4. The van der Waals surface area contributed by atoms with Crippen molar-refractivity contribution in [1.82, 2.24) is 9.80 Å². The maximum absolute atomic E-state index is 12.8. The van der Waals surface area contributed by atoms with Gasteiger partial charge in [-0.25, -0.2) is 0 Å². The fourth-order valence-electron chi connectivity index (χ4n) is 7.03. The molecule has 0 unspecified atom stereocenters. The summed E-state index contributed by atoms with van der Waals surface area (Å²) in [6.07, 6.45) is 22.2. The molecule has 12 heteroatoms. The topological polar surface area (TPSA) is 213 Å². The van der Waals surface area contributed by atoms with E-state index in [4.69, 9.17) is 22.9 Å². The van der Waals surface area contributed by atoms with Crippen molar-refractivity contribution in [2.75, 3.05) is 26.2 Å². The molecule has 3 aromatic carbocycles. The Morgan fingerprint density at radius 2 is 0.431 bits per heavy atom. The molecular weight excluding hydrogens is 733 g/mol. The molecule has 2 aliphatic rings. The first kappa shape index (κ1) is 46.9. The van der Waals surface area contributed by atoms with Gasteiger partial charge < -0.3 is 32.7 Å². The van der Waals surface area contributed by atoms with Crippen LogP contribution in [0.15, 0.2) is 72.8 Å². The molecule has 2 aliphatic heterocycles. The van der Waals surface area contributed by atoms with Gasteiger partial charge in [-0.2, -0.15) is 0 Å². The molecule has 58 heavy (non-hydrogen) atoms. The maximum atomic E-state index is 12.8. The first-order valence-electron chi connectivity index (χ1n) is 21.1. The molecule has 0 aromatic heterocycles. The second-order valence-corrected chi connectivity index (χ2v) is 15.1. The molecule has 2 fully saturated rings. The molecule has 0 atom stereocenters. The first-order valence-corrected chi connectivity index (χ1v) is 21.1. The number of amides is 6. The van der Waals surface area contributed by atoms with Crippen LogP contribution in [0, 0.1) is 0 Å². The van der Waals surface area contributed by atoms with Crippen molar-refractivity contribution in [2.24, 2.45) is 22.9 Å². The van der Waals surface area contributed by atoms with E-state index in [1.807, 2.05) is 9.80 Å². The Balaban J connectivity index is 0.000000245. The van der Waals surface area contributed by atoms with Gasteiger partial charge in [-0.1, -0.05) is 89.9 Å². The summed E-state index contributed by atoms with van der Waals surface area (Å²) >= 11 is 0. The fraction of sp³-hybridized carbons (Fsp3) is 0.478. The van der Waals surface area contributed by atoms with Gasteiger partial charge in [-0.3, -0.25) is 28.8 Å². The van der Waals surface area contributed by atoms with Crippen molar-refractivity contribution in [3.63, 3.8) is 0 Å². The van der Waals surface area contributed by atoms with E-state index in [0.717, 1.165) is 51.9 Å². The van der Waals surface area contributed by atoms with E-state index in [2.05, 4.69) is 0 Å². The summed E-state index contributed by atoms with van der Waals surface area (Å²) in [7, 11) is 0. The van der Waals surface area contributed by atoms with Crippen LogP contribution in [0.1, 0.15) is 178 Å². The molecule has 3 aromatic rings. The monoisotopic (exact) mass is 796 g/mol. The fourth-order valence-corrected chi connectivity index (χ4v) is 7.03. The van der Waals surface area contributed by atoms with Gasteiger partial charge in [0.2, 0.25) is 23.6 Å². The van der Waals surface area contributed by atoms with E-state index in [9.17, 15) is 28.8 Å². The summed E-state index contributed by atoms with van der Waals surface area (Å²) in [6.45, 7) is 3.32. The molecule has 2 saturated heterocycles. The standard InChI is InChI=1S/C20H30N2O2.C18H26N2O2.C8H8N2O2/c21-19(23)17-11-13-18(14-12-17)20(24)22-15-9-7-5-3-1-2-4-6-8-10-16-22;19-17(21)15-9-11-16(12-10-15)18(22)20-13-7-5-3-1-2-4-6-8-14-20;9-7(11)5-1-2-6(4-3-5)8(10)12/h11-14H,1-10,15-16H2,(H2,21,23);9-12H,1-8,13-14H2,(H2,19,21);1-4H,(H2,9,11)(H2,10,12). The highest BCUT2D eigenvalue weighted by atomic mass is 16.2. The predicted molar refractivity (Wildman–Crippen MR) is 228 cm³/mol. The van der Waals surface area contributed by atoms with E-state index in [1.165, 1.54) is 114 Å². The SMILES string of the molecule is NC(=O)c1ccc(C(=O)N2CCCCCCCCCC2)cc1.NC(=O)c1ccc(C(=O)N2CCCCCCCCCCCC2)cc1.NC(=O)c1ccc(C(N)=O)cc1. The Morgan fingerprint density at radius 1 is 0.276 bits per heavy atom. The zero-order chi connectivity index (χ0) is 42.1. The van der Waals surface area contributed by atoms with Crippen molar-refractivity contribution in [1.29, 1.82) is 0 Å². The minimum absolute atomic E-state index is 0.0651. The molecule has 12 nitrogen and oxygen atoms in total. The molecule has 5 rings (SSSR count). The lowest BCUT2D eigenvalue weighted by molar-refractivity contribution is 0.0742. The van der Waals surface area contributed by atoms with Crippen LogP contribution in [0.4, 0.5) is 0 Å². The quantitative estimate of drug-likeness (QED) is 0.200. The molecule has 0 spiro atoms. The normalized spacial score (nSPS) is 16.1. The number of nitrogens with zero attached hydrogens (tertiary/aromatic N) is 2. The Hall–Kier alpha value is -5.52. The van der Waals surface area contributed by atoms with Crippen molar-refractivity contribution in [2.45, 2.75) is 116 Å². The van der Waals surface area contributed by atoms with Gasteiger partial charge in [0.1, 0.15) is 0 Å². The predicted octanol–water partition coefficient (Wildman–Crippen LogP) is 7.39. The molecule has 0 saturated carbocycles. The average Bonchev–Trinajstić information content (AvgIpc) is 3.27. The number of nitrogens with two attached hydrogens (primary N) is 4. The number of hydrogen-bond donors (Lipinski definition) is 4. The lowest BCUT2D eigenvalue weighted by Gasteiger charge is -2.23. The summed E-state index contributed by atoms with van der Waals surface area (Å²) < 4.78 is 0. The largest absolute Gasteiger partial charge is 0.366 e. The molecule has 0 aliphatic carbocycles. The Kier molecular flexibility index (Phi) is 21.3. The lowest BCUT2D eigenvalue weighted by Crippen LogP contribution is -2.33. The summed E-state index contributed by atoms with van der Waals surface area (Å²) in [4.78, 5) is 72.8. The van der Waals surface area contributed by atoms with Crippen LogP contribution >= 0.6 is 0 Å². The number of carbonyl (C=O) groups excluding carboxylic acids is 6. The van der Waals surface area contributed by atoms with Crippen LogP contribution in [-0.2, 0) is 0 Å². The highest BCUT2D eigenvalue weighted by Crippen LogP contribution is 2.17. The molecule has 2 heterocycles. The number of rotatable bonds is 6. The van der Waals surface area contributed by atoms with Crippen LogP contribution in [0.5, 0.6) is 0 Å². The zero-order valence-electron chi connectivity index (χ0n) is 34.1. The highest BCUT2D eigenvalue weighted by molar-refractivity contribution is 5.98. The Bertz CT molecular complexity index is 1680. The van der Waals surface area contributed by atoms with E-state index >= 15 is 0 Å². The van der Waals surface area contributed by atoms with Crippen molar-refractivity contribution in [3.8, 4) is 0 Å². The lowest BCUT2D eigenvalue weighted by atomic mass is 10.1. The van der Waals surface area contributed by atoms with Gasteiger partial charge >= 0.3 is 0 Å². The summed E-state index contributed by atoms with van der Waals surface area (Å²) in [5, 5.41) is 0. The van der Waals surface area contributed by atoms with Gasteiger partial charge in [-0.05, 0) is 98.5 Å². The molecule has 6 amide bonds. The van der Waals surface area contributed by atoms with Crippen molar-refractivity contribution < 1.29 is 28.8 Å². The van der Waals surface area contributed by atoms with E-state index < -0.39 is 23.6 Å². The van der Waals surface area contributed by atoms with Crippen molar-refractivity contribution in [3.05, 3.63) is 106 Å². The Labute approximate surface area is 344 Å². The minimum Gasteiger partial charge on any atom is -0.366 e. The van der Waals surface area contributed by atoms with Gasteiger partial charge in [-0.15, -0.1) is 0 Å². The maximum Gasteiger partial charge on any atom is 0.253 e. The van der Waals surface area contributed by atoms with Gasteiger partial charge in [0.05, 0.1) is 0 Å². The van der Waals surface area contributed by atoms with Crippen LogP contribution in [0.2, 0.25) is 0 Å². The van der Waals surface area contributed by atoms with E-state index in [-0.39, 0.29) is 11.8 Å². The number of primary amides is 4. The first-order chi connectivity index (χ1) is 28.0. The number of carbonyl (C=O) groups is 6. The number of benzene rings is 3. The molecule has 314 valence electrons. The summed E-state index contributed by atoms with van der Waals surface area (Å²) in [5.41, 5.74) is 23.3. The van der Waals surface area contributed by atoms with Gasteiger partial charge in [0, 0.05) is 59.6 Å². The van der Waals surface area contributed by atoms with E-state index in [1.54, 1.807) is 48.5 Å². The zero-order valence-corrected chi connectivity index (χ0v) is 34.1. The van der Waals surface area contributed by atoms with Gasteiger partial charge in [0.15, 0.2) is 0 Å². The third-order valence-electron chi connectivity index (χ3n) is 10.6. The minimum atomic E-state index is -0.522. The third-order valence-corrected chi connectivity index (χ3v) is 10.6. The molecule has 0 bridgehead atoms. The van der Waals surface area contributed by atoms with Crippen LogP contribution < -0.4 is 22.9 Å². The van der Waals surface area contributed by atoms with Crippen molar-refractivity contribution >= 4 is 35.4 Å². The highest BCUT2D eigenvalue weighted by Gasteiger charge is 2.17. The van der Waals surface area contributed by atoms with Gasteiger partial charge in [0.25, 0.3) is 11.8 Å². The molecule has 8 N–H and O–H groups in total. The second-order valence-electron chi connectivity index (χ2n) is 15.1. The summed E-state index contributed by atoms with van der Waals surface area (Å²) in [6, 6.07) is 19.2. The molecular formula is C46H64N6O6. The Morgan fingerprint density at radius 3 is 0.603 bits per heavy atom. The summed E-state index contributed by atoms with van der Waals surface area (Å²) in [5.74, 6) is -1.83.